The van der Waals surface area contributed by atoms with Gasteiger partial charge in [0.05, 0.1) is 0 Å². The summed E-state index contributed by atoms with van der Waals surface area (Å²) in [4.78, 5) is 0. The molecule has 1 nitrogen and oxygen atoms in total. The van der Waals surface area contributed by atoms with Gasteiger partial charge >= 0.3 is 0 Å². The summed E-state index contributed by atoms with van der Waals surface area (Å²) in [5.41, 5.74) is 6.14. The van der Waals surface area contributed by atoms with Crippen molar-refractivity contribution in [1.82, 2.24) is 0 Å². The smallest absolute Gasteiger partial charge is 0.0151 e. The van der Waals surface area contributed by atoms with Crippen molar-refractivity contribution in [2.24, 2.45) is 11.7 Å². The van der Waals surface area contributed by atoms with Crippen molar-refractivity contribution in [1.29, 1.82) is 0 Å². The molecule has 0 spiro atoms. The Morgan fingerprint density at radius 3 is 2.20 bits per heavy atom. The van der Waals surface area contributed by atoms with E-state index in [1.54, 1.807) is 0 Å². The monoisotopic (exact) mass is 143 g/mol. The fourth-order valence-corrected chi connectivity index (χ4v) is 1.25. The minimum Gasteiger partial charge on any atom is -0.325 e. The van der Waals surface area contributed by atoms with Crippen LogP contribution in [0, 0.1) is 5.92 Å². The molecule has 0 aromatic rings. The average molecular weight is 143 g/mol. The zero-order valence-electron chi connectivity index (χ0n) is 7.78. The summed E-state index contributed by atoms with van der Waals surface area (Å²) in [6, 6.07) is 0. The van der Waals surface area contributed by atoms with E-state index in [4.69, 9.17) is 5.73 Å². The predicted octanol–water partition coefficient (Wildman–Crippen LogP) is 2.55. The second-order valence-electron chi connectivity index (χ2n) is 3.57. The van der Waals surface area contributed by atoms with Gasteiger partial charge in [-0.3, -0.25) is 0 Å². The second-order valence-corrected chi connectivity index (χ2v) is 3.57. The topological polar surface area (TPSA) is 26.0 Å². The fraction of sp³-hybridized carbons (Fsp3) is 1.00. The molecule has 0 aliphatic rings. The zero-order chi connectivity index (χ0) is 8.20. The number of nitrogens with two attached hydrogens (primary N) is 1. The lowest BCUT2D eigenvalue weighted by atomic mass is 9.83. The quantitative estimate of drug-likeness (QED) is 0.643. The van der Waals surface area contributed by atoms with Crippen LogP contribution in [0.25, 0.3) is 0 Å². The van der Waals surface area contributed by atoms with E-state index in [0.717, 1.165) is 6.42 Å². The SMILES string of the molecule is CCCC(C)(N)C(C)CC. The third-order valence-corrected chi connectivity index (χ3v) is 2.53. The van der Waals surface area contributed by atoms with Crippen LogP contribution < -0.4 is 5.73 Å². The summed E-state index contributed by atoms with van der Waals surface area (Å²) < 4.78 is 0. The Bertz CT molecular complexity index is 86.7. The largest absolute Gasteiger partial charge is 0.325 e. The third-order valence-electron chi connectivity index (χ3n) is 2.53. The summed E-state index contributed by atoms with van der Waals surface area (Å²) in [5, 5.41) is 0. The highest BCUT2D eigenvalue weighted by Gasteiger charge is 2.23. The van der Waals surface area contributed by atoms with Gasteiger partial charge in [0, 0.05) is 5.54 Å². The van der Waals surface area contributed by atoms with Crippen LogP contribution in [-0.4, -0.2) is 5.54 Å². The molecule has 0 bridgehead atoms. The highest BCUT2D eigenvalue weighted by Crippen LogP contribution is 2.21. The Labute approximate surface area is 65.0 Å². The molecular formula is C9H21N. The van der Waals surface area contributed by atoms with E-state index in [0.29, 0.717) is 5.92 Å². The van der Waals surface area contributed by atoms with Gasteiger partial charge in [-0.1, -0.05) is 33.6 Å². The van der Waals surface area contributed by atoms with Crippen LogP contribution in [0.1, 0.15) is 47.0 Å². The van der Waals surface area contributed by atoms with Gasteiger partial charge in [0.2, 0.25) is 0 Å². The number of hydrogen-bond donors (Lipinski definition) is 1. The summed E-state index contributed by atoms with van der Waals surface area (Å²) in [5.74, 6) is 0.646. The van der Waals surface area contributed by atoms with Crippen LogP contribution in [0.4, 0.5) is 0 Å². The zero-order valence-corrected chi connectivity index (χ0v) is 7.78. The molecule has 0 saturated carbocycles. The highest BCUT2D eigenvalue weighted by atomic mass is 14.7. The van der Waals surface area contributed by atoms with Crippen molar-refractivity contribution in [2.45, 2.75) is 52.5 Å². The summed E-state index contributed by atoms with van der Waals surface area (Å²) in [6.45, 7) is 8.78. The maximum Gasteiger partial charge on any atom is 0.0151 e. The molecular weight excluding hydrogens is 122 g/mol. The first-order chi connectivity index (χ1) is 4.54. The molecule has 2 N–H and O–H groups in total. The first-order valence-electron chi connectivity index (χ1n) is 4.33. The van der Waals surface area contributed by atoms with Crippen molar-refractivity contribution >= 4 is 0 Å². The molecule has 2 atom stereocenters. The van der Waals surface area contributed by atoms with E-state index < -0.39 is 0 Å². The minimum atomic E-state index is 0.0590. The van der Waals surface area contributed by atoms with Gasteiger partial charge in [0.1, 0.15) is 0 Å². The Morgan fingerprint density at radius 1 is 1.40 bits per heavy atom. The molecule has 0 heterocycles. The Kier molecular flexibility index (Phi) is 3.95. The lowest BCUT2D eigenvalue weighted by molar-refractivity contribution is 0.286. The fourth-order valence-electron chi connectivity index (χ4n) is 1.25. The van der Waals surface area contributed by atoms with Crippen LogP contribution in [0.15, 0.2) is 0 Å². The van der Waals surface area contributed by atoms with Crippen LogP contribution in [0.5, 0.6) is 0 Å². The molecule has 0 radical (unpaired) electrons. The number of hydrogen-bond acceptors (Lipinski definition) is 1. The molecule has 62 valence electrons. The molecule has 0 aromatic carbocycles. The van der Waals surface area contributed by atoms with Crippen molar-refractivity contribution in [2.75, 3.05) is 0 Å². The summed E-state index contributed by atoms with van der Waals surface area (Å²) in [7, 11) is 0. The Morgan fingerprint density at radius 2 is 1.90 bits per heavy atom. The van der Waals surface area contributed by atoms with Crippen molar-refractivity contribution < 1.29 is 0 Å². The molecule has 0 amide bonds. The molecule has 0 aliphatic heterocycles. The normalized spacial score (nSPS) is 20.1. The molecule has 10 heavy (non-hydrogen) atoms. The Hall–Kier alpha value is -0.0400. The lowest BCUT2D eigenvalue weighted by Gasteiger charge is -2.30. The molecule has 1 heteroatoms. The Balaban J connectivity index is 3.82. The van der Waals surface area contributed by atoms with Gasteiger partial charge in [0.25, 0.3) is 0 Å². The standard InChI is InChI=1S/C9H21N/c1-5-7-9(4,10)8(3)6-2/h8H,5-7,10H2,1-4H3. The summed E-state index contributed by atoms with van der Waals surface area (Å²) >= 11 is 0. The van der Waals surface area contributed by atoms with E-state index in [-0.39, 0.29) is 5.54 Å². The maximum absolute atomic E-state index is 6.08. The molecule has 0 aliphatic carbocycles. The van der Waals surface area contributed by atoms with Gasteiger partial charge < -0.3 is 5.73 Å². The van der Waals surface area contributed by atoms with Gasteiger partial charge in [-0.2, -0.15) is 0 Å². The molecule has 2 unspecified atom stereocenters. The van der Waals surface area contributed by atoms with Crippen LogP contribution in [0.2, 0.25) is 0 Å². The van der Waals surface area contributed by atoms with Crippen LogP contribution >= 0.6 is 0 Å². The van der Waals surface area contributed by atoms with Gasteiger partial charge in [-0.15, -0.1) is 0 Å². The second kappa shape index (κ2) is 3.97. The van der Waals surface area contributed by atoms with Crippen molar-refractivity contribution in [3.8, 4) is 0 Å². The van der Waals surface area contributed by atoms with Crippen molar-refractivity contribution in [3.05, 3.63) is 0 Å². The molecule has 0 rings (SSSR count). The minimum absolute atomic E-state index is 0.0590. The molecule has 0 saturated heterocycles. The van der Waals surface area contributed by atoms with Gasteiger partial charge in [-0.05, 0) is 19.3 Å². The van der Waals surface area contributed by atoms with Crippen LogP contribution in [-0.2, 0) is 0 Å². The predicted molar refractivity (Wildman–Crippen MR) is 47.0 cm³/mol. The molecule has 0 aromatic heterocycles. The van der Waals surface area contributed by atoms with E-state index in [1.165, 1.54) is 12.8 Å². The molecule has 0 fully saturated rings. The van der Waals surface area contributed by atoms with E-state index in [2.05, 4.69) is 27.7 Å². The van der Waals surface area contributed by atoms with Crippen molar-refractivity contribution in [3.63, 3.8) is 0 Å². The average Bonchev–Trinajstić information content (AvgIpc) is 1.86. The highest BCUT2D eigenvalue weighted by molar-refractivity contribution is 4.82. The first-order valence-corrected chi connectivity index (χ1v) is 4.33. The number of rotatable bonds is 4. The maximum atomic E-state index is 6.08. The summed E-state index contributed by atoms with van der Waals surface area (Å²) in [6.07, 6.45) is 3.52. The third kappa shape index (κ3) is 2.70. The van der Waals surface area contributed by atoms with E-state index in [1.807, 2.05) is 0 Å². The lowest BCUT2D eigenvalue weighted by Crippen LogP contribution is -2.42. The van der Waals surface area contributed by atoms with Crippen LogP contribution in [0.3, 0.4) is 0 Å². The van der Waals surface area contributed by atoms with E-state index in [9.17, 15) is 0 Å². The van der Waals surface area contributed by atoms with Gasteiger partial charge in [-0.25, -0.2) is 0 Å². The first kappa shape index (κ1) is 9.96. The van der Waals surface area contributed by atoms with Gasteiger partial charge in [0.15, 0.2) is 0 Å². The van der Waals surface area contributed by atoms with E-state index >= 15 is 0 Å².